The number of hydrogen-bond acceptors (Lipinski definition) is 2. The molecule has 0 bridgehead atoms. The monoisotopic (exact) mass is 330 g/mol. The van der Waals surface area contributed by atoms with Gasteiger partial charge in [0.1, 0.15) is 0 Å². The van der Waals surface area contributed by atoms with Crippen LogP contribution in [0.4, 0.5) is 0 Å². The van der Waals surface area contributed by atoms with Crippen molar-refractivity contribution in [3.8, 4) is 0 Å². The van der Waals surface area contributed by atoms with Crippen LogP contribution in [0.3, 0.4) is 0 Å². The first-order valence-corrected chi connectivity index (χ1v) is 7.60. The van der Waals surface area contributed by atoms with Gasteiger partial charge in [0, 0.05) is 34.7 Å². The molecule has 0 spiro atoms. The van der Waals surface area contributed by atoms with E-state index in [4.69, 9.17) is 17.3 Å². The Hall–Kier alpha value is -0.0900. The van der Waals surface area contributed by atoms with E-state index >= 15 is 0 Å². The van der Waals surface area contributed by atoms with Crippen molar-refractivity contribution in [2.75, 3.05) is 13.1 Å². The fourth-order valence-corrected chi connectivity index (χ4v) is 3.78. The third-order valence-electron chi connectivity index (χ3n) is 3.78. The van der Waals surface area contributed by atoms with Gasteiger partial charge in [-0.25, -0.2) is 0 Å². The maximum atomic E-state index is 6.35. The molecule has 0 aromatic heterocycles. The summed E-state index contributed by atoms with van der Waals surface area (Å²) < 4.78 is 1.01. The summed E-state index contributed by atoms with van der Waals surface area (Å²) in [5.41, 5.74) is 7.13. The van der Waals surface area contributed by atoms with E-state index in [0.29, 0.717) is 12.6 Å². The normalized spacial score (nSPS) is 26.5. The molecule has 3 unspecified atom stereocenters. The molecule has 2 N–H and O–H groups in total. The highest BCUT2D eigenvalue weighted by Gasteiger charge is 2.32. The Balaban J connectivity index is 2.28. The molecule has 1 heterocycles. The van der Waals surface area contributed by atoms with Crippen LogP contribution in [-0.4, -0.2) is 24.0 Å². The van der Waals surface area contributed by atoms with Gasteiger partial charge in [-0.3, -0.25) is 4.90 Å². The fraction of sp³-hybridized carbons (Fsp3) is 0.571. The highest BCUT2D eigenvalue weighted by atomic mass is 79.9. The van der Waals surface area contributed by atoms with Crippen molar-refractivity contribution in [3.63, 3.8) is 0 Å². The number of likely N-dealkylation sites (tertiary alicyclic amines) is 1. The molecule has 1 aromatic carbocycles. The van der Waals surface area contributed by atoms with Gasteiger partial charge in [0.2, 0.25) is 0 Å². The minimum absolute atomic E-state index is 0.227. The zero-order chi connectivity index (χ0) is 13.3. The van der Waals surface area contributed by atoms with Gasteiger partial charge in [-0.1, -0.05) is 40.5 Å². The van der Waals surface area contributed by atoms with Crippen molar-refractivity contribution in [2.45, 2.75) is 32.4 Å². The van der Waals surface area contributed by atoms with E-state index in [2.05, 4.69) is 40.7 Å². The molecule has 2 nitrogen and oxygen atoms in total. The van der Waals surface area contributed by atoms with Gasteiger partial charge < -0.3 is 5.73 Å². The van der Waals surface area contributed by atoms with E-state index in [0.717, 1.165) is 27.5 Å². The number of rotatable bonds is 3. The van der Waals surface area contributed by atoms with Gasteiger partial charge in [0.05, 0.1) is 0 Å². The highest BCUT2D eigenvalue weighted by Crippen LogP contribution is 2.35. The Morgan fingerprint density at radius 1 is 1.50 bits per heavy atom. The van der Waals surface area contributed by atoms with E-state index in [-0.39, 0.29) is 6.04 Å². The molecule has 1 aromatic rings. The molecule has 100 valence electrons. The lowest BCUT2D eigenvalue weighted by atomic mass is 10.0. The third kappa shape index (κ3) is 2.90. The summed E-state index contributed by atoms with van der Waals surface area (Å²) in [5.74, 6) is 0.739. The molecule has 0 aliphatic carbocycles. The third-order valence-corrected chi connectivity index (χ3v) is 4.60. The van der Waals surface area contributed by atoms with Crippen molar-refractivity contribution >= 4 is 27.5 Å². The van der Waals surface area contributed by atoms with Gasteiger partial charge >= 0.3 is 0 Å². The molecule has 0 radical (unpaired) electrons. The number of halogens is 2. The van der Waals surface area contributed by atoms with E-state index in [9.17, 15) is 0 Å². The number of hydrogen-bond donors (Lipinski definition) is 1. The molecule has 4 heteroatoms. The van der Waals surface area contributed by atoms with Gasteiger partial charge in [-0.05, 0) is 37.0 Å². The summed E-state index contributed by atoms with van der Waals surface area (Å²) in [6.45, 7) is 6.29. The predicted molar refractivity (Wildman–Crippen MR) is 80.9 cm³/mol. The average molecular weight is 332 g/mol. The summed E-state index contributed by atoms with van der Waals surface area (Å²) in [6, 6.07) is 6.87. The van der Waals surface area contributed by atoms with Crippen molar-refractivity contribution in [3.05, 3.63) is 33.3 Å². The first-order valence-electron chi connectivity index (χ1n) is 6.43. The smallest absolute Gasteiger partial charge is 0.0488 e. The SMILES string of the molecule is CC1CC(C)N(C(CN)c2ccc(Br)cc2Cl)C1. The standard InChI is InChI=1S/C14H20BrClN2/c1-9-5-10(2)18(8-9)14(7-17)12-4-3-11(15)6-13(12)16/h3-4,6,9-10,14H,5,7-8,17H2,1-2H3. The Bertz CT molecular complexity index is 424. The molecule has 0 amide bonds. The quantitative estimate of drug-likeness (QED) is 0.912. The molecule has 1 fully saturated rings. The van der Waals surface area contributed by atoms with Gasteiger partial charge in [0.25, 0.3) is 0 Å². The maximum absolute atomic E-state index is 6.35. The van der Waals surface area contributed by atoms with E-state index in [1.807, 2.05) is 12.1 Å². The molecule has 3 atom stereocenters. The average Bonchev–Trinajstić information content (AvgIpc) is 2.62. The van der Waals surface area contributed by atoms with Crippen LogP contribution in [0.1, 0.15) is 31.9 Å². The molecule has 2 rings (SSSR count). The van der Waals surface area contributed by atoms with Crippen LogP contribution in [0.25, 0.3) is 0 Å². The Labute approximate surface area is 123 Å². The summed E-state index contributed by atoms with van der Waals surface area (Å²) in [4.78, 5) is 2.49. The second-order valence-corrected chi connectivity index (χ2v) is 6.63. The van der Waals surface area contributed by atoms with E-state index < -0.39 is 0 Å². The predicted octanol–water partition coefficient (Wildman–Crippen LogP) is 3.83. The molecule has 1 aliphatic heterocycles. The van der Waals surface area contributed by atoms with Crippen LogP contribution < -0.4 is 5.73 Å². The Morgan fingerprint density at radius 3 is 2.72 bits per heavy atom. The molecule has 18 heavy (non-hydrogen) atoms. The molecule has 1 saturated heterocycles. The molecular weight excluding hydrogens is 312 g/mol. The second-order valence-electron chi connectivity index (χ2n) is 5.30. The Kier molecular flexibility index (Phi) is 4.70. The lowest BCUT2D eigenvalue weighted by Gasteiger charge is -2.31. The van der Waals surface area contributed by atoms with Crippen molar-refractivity contribution in [1.82, 2.24) is 4.90 Å². The van der Waals surface area contributed by atoms with Crippen LogP contribution in [0.15, 0.2) is 22.7 Å². The number of nitrogens with two attached hydrogens (primary N) is 1. The molecular formula is C14H20BrClN2. The zero-order valence-electron chi connectivity index (χ0n) is 10.9. The van der Waals surface area contributed by atoms with E-state index in [1.165, 1.54) is 6.42 Å². The van der Waals surface area contributed by atoms with Crippen LogP contribution in [-0.2, 0) is 0 Å². The largest absolute Gasteiger partial charge is 0.329 e. The topological polar surface area (TPSA) is 29.3 Å². The second kappa shape index (κ2) is 5.91. The minimum atomic E-state index is 0.227. The summed E-state index contributed by atoms with van der Waals surface area (Å²) in [7, 11) is 0. The summed E-state index contributed by atoms with van der Waals surface area (Å²) in [5, 5.41) is 0.798. The maximum Gasteiger partial charge on any atom is 0.0488 e. The van der Waals surface area contributed by atoms with Gasteiger partial charge in [-0.2, -0.15) is 0 Å². The first kappa shape index (κ1) is 14.3. The first-order chi connectivity index (χ1) is 8.52. The van der Waals surface area contributed by atoms with Crippen molar-refractivity contribution < 1.29 is 0 Å². The lowest BCUT2D eigenvalue weighted by molar-refractivity contribution is 0.192. The zero-order valence-corrected chi connectivity index (χ0v) is 13.2. The van der Waals surface area contributed by atoms with E-state index in [1.54, 1.807) is 0 Å². The summed E-state index contributed by atoms with van der Waals surface area (Å²) in [6.07, 6.45) is 1.24. The molecule has 0 saturated carbocycles. The fourth-order valence-electron chi connectivity index (χ4n) is 2.98. The molecule has 1 aliphatic rings. The van der Waals surface area contributed by atoms with Gasteiger partial charge in [0.15, 0.2) is 0 Å². The lowest BCUT2D eigenvalue weighted by Crippen LogP contribution is -2.36. The van der Waals surface area contributed by atoms with Crippen molar-refractivity contribution in [1.29, 1.82) is 0 Å². The Morgan fingerprint density at radius 2 is 2.22 bits per heavy atom. The number of nitrogens with zero attached hydrogens (tertiary/aromatic N) is 1. The van der Waals surface area contributed by atoms with Crippen LogP contribution in [0.2, 0.25) is 5.02 Å². The van der Waals surface area contributed by atoms with Crippen molar-refractivity contribution in [2.24, 2.45) is 11.7 Å². The van der Waals surface area contributed by atoms with Crippen LogP contribution >= 0.6 is 27.5 Å². The summed E-state index contributed by atoms with van der Waals surface area (Å²) >= 11 is 9.80. The highest BCUT2D eigenvalue weighted by molar-refractivity contribution is 9.10. The number of benzene rings is 1. The van der Waals surface area contributed by atoms with Gasteiger partial charge in [-0.15, -0.1) is 0 Å². The minimum Gasteiger partial charge on any atom is -0.329 e. The van der Waals surface area contributed by atoms with Crippen LogP contribution in [0, 0.1) is 5.92 Å². The van der Waals surface area contributed by atoms with Crippen LogP contribution in [0.5, 0.6) is 0 Å².